The first-order valence-electron chi connectivity index (χ1n) is 9.00. The molecule has 0 spiro atoms. The molecule has 5 rings (SSSR count). The fourth-order valence-electron chi connectivity index (χ4n) is 4.42. The summed E-state index contributed by atoms with van der Waals surface area (Å²) in [4.78, 5) is 2.58. The molecule has 3 aliphatic heterocycles. The largest absolute Gasteiger partial charge is 0.372 e. The summed E-state index contributed by atoms with van der Waals surface area (Å²) in [5.74, 6) is 0.801. The van der Waals surface area contributed by atoms with E-state index in [4.69, 9.17) is 4.74 Å². The lowest BCUT2D eigenvalue weighted by Crippen LogP contribution is -2.51. The molecular weight excluding hydrogens is 270 g/mol. The standard InChI is InChI=1S/C20H27NO/c1-2-6-16(7-3-1)19(17-8-4-5-9-17)15-22-20-14-21-12-10-18(20)11-13-21/h1-3,6-7,18,20H,4-5,8-15H2. The van der Waals surface area contributed by atoms with Crippen molar-refractivity contribution < 1.29 is 4.74 Å². The normalized spacial score (nSPS) is 30.7. The molecule has 2 nitrogen and oxygen atoms in total. The molecule has 0 radical (unpaired) electrons. The third-order valence-corrected chi connectivity index (χ3v) is 5.79. The summed E-state index contributed by atoms with van der Waals surface area (Å²) in [6.07, 6.45) is 8.38. The maximum atomic E-state index is 6.45. The predicted octanol–water partition coefficient (Wildman–Crippen LogP) is 4.13. The van der Waals surface area contributed by atoms with Gasteiger partial charge in [0.25, 0.3) is 0 Å². The van der Waals surface area contributed by atoms with E-state index < -0.39 is 0 Å². The van der Waals surface area contributed by atoms with Crippen LogP contribution in [0.25, 0.3) is 5.57 Å². The number of benzene rings is 1. The van der Waals surface area contributed by atoms with Gasteiger partial charge in [-0.2, -0.15) is 0 Å². The fraction of sp³-hybridized carbons (Fsp3) is 0.600. The first-order valence-corrected chi connectivity index (χ1v) is 9.00. The highest BCUT2D eigenvalue weighted by Crippen LogP contribution is 2.34. The van der Waals surface area contributed by atoms with Gasteiger partial charge in [0.2, 0.25) is 0 Å². The Hall–Kier alpha value is -1.12. The Labute approximate surface area is 134 Å². The van der Waals surface area contributed by atoms with Crippen LogP contribution in [0.1, 0.15) is 44.1 Å². The number of nitrogens with zero attached hydrogens (tertiary/aromatic N) is 1. The number of allylic oxidation sites excluding steroid dienone is 1. The summed E-state index contributed by atoms with van der Waals surface area (Å²) >= 11 is 0. The molecule has 2 heteroatoms. The van der Waals surface area contributed by atoms with Crippen LogP contribution in [0.15, 0.2) is 35.9 Å². The molecule has 4 aliphatic rings. The maximum Gasteiger partial charge on any atom is 0.0735 e. The van der Waals surface area contributed by atoms with Crippen molar-refractivity contribution in [2.45, 2.75) is 44.6 Å². The van der Waals surface area contributed by atoms with Gasteiger partial charge in [-0.15, -0.1) is 0 Å². The topological polar surface area (TPSA) is 12.5 Å². The van der Waals surface area contributed by atoms with Crippen molar-refractivity contribution in [3.8, 4) is 0 Å². The lowest BCUT2D eigenvalue weighted by molar-refractivity contribution is -0.0588. The van der Waals surface area contributed by atoms with Crippen LogP contribution in [0.4, 0.5) is 0 Å². The van der Waals surface area contributed by atoms with Gasteiger partial charge in [-0.25, -0.2) is 0 Å². The molecule has 1 aromatic carbocycles. The molecule has 0 amide bonds. The first kappa shape index (κ1) is 14.5. The van der Waals surface area contributed by atoms with E-state index in [2.05, 4.69) is 35.2 Å². The van der Waals surface area contributed by atoms with Crippen molar-refractivity contribution in [2.75, 3.05) is 26.2 Å². The van der Waals surface area contributed by atoms with Crippen LogP contribution in [0.2, 0.25) is 0 Å². The van der Waals surface area contributed by atoms with Gasteiger partial charge in [0.05, 0.1) is 12.7 Å². The average Bonchev–Trinajstić information content (AvgIpc) is 3.11. The van der Waals surface area contributed by atoms with Crippen molar-refractivity contribution in [1.29, 1.82) is 0 Å². The van der Waals surface area contributed by atoms with Crippen LogP contribution in [0, 0.1) is 5.92 Å². The molecule has 1 saturated carbocycles. The van der Waals surface area contributed by atoms with Crippen LogP contribution in [-0.4, -0.2) is 37.2 Å². The molecule has 3 saturated heterocycles. The van der Waals surface area contributed by atoms with E-state index in [0.29, 0.717) is 6.10 Å². The Morgan fingerprint density at radius 2 is 1.77 bits per heavy atom. The van der Waals surface area contributed by atoms with Crippen LogP contribution >= 0.6 is 0 Å². The first-order chi connectivity index (χ1) is 10.9. The summed E-state index contributed by atoms with van der Waals surface area (Å²) in [7, 11) is 0. The second-order valence-electron chi connectivity index (χ2n) is 7.14. The van der Waals surface area contributed by atoms with Gasteiger partial charge in [-0.05, 0) is 68.7 Å². The van der Waals surface area contributed by atoms with Gasteiger partial charge in [-0.1, -0.05) is 35.9 Å². The maximum absolute atomic E-state index is 6.45. The Morgan fingerprint density at radius 1 is 1.05 bits per heavy atom. The summed E-state index contributed by atoms with van der Waals surface area (Å²) in [6.45, 7) is 4.55. The Kier molecular flexibility index (Phi) is 4.31. The minimum atomic E-state index is 0.461. The predicted molar refractivity (Wildman–Crippen MR) is 90.7 cm³/mol. The van der Waals surface area contributed by atoms with Crippen molar-refractivity contribution >= 4 is 5.57 Å². The SMILES string of the molecule is c1ccc(C(COC2CN3CCC2CC3)=C2CCCC2)cc1. The Morgan fingerprint density at radius 3 is 2.41 bits per heavy atom. The average molecular weight is 297 g/mol. The molecular formula is C20H27NO. The number of hydrogen-bond donors (Lipinski definition) is 0. The molecule has 118 valence electrons. The third kappa shape index (κ3) is 3.00. The molecule has 1 unspecified atom stereocenters. The van der Waals surface area contributed by atoms with E-state index in [1.165, 1.54) is 62.8 Å². The Bertz CT molecular complexity index is 520. The fourth-order valence-corrected chi connectivity index (χ4v) is 4.42. The third-order valence-electron chi connectivity index (χ3n) is 5.79. The minimum Gasteiger partial charge on any atom is -0.372 e. The van der Waals surface area contributed by atoms with Crippen LogP contribution in [0.3, 0.4) is 0 Å². The van der Waals surface area contributed by atoms with Gasteiger partial charge in [-0.3, -0.25) is 0 Å². The summed E-state index contributed by atoms with van der Waals surface area (Å²) in [5.41, 5.74) is 4.50. The van der Waals surface area contributed by atoms with Gasteiger partial charge in [0.15, 0.2) is 0 Å². The Balaban J connectivity index is 1.49. The van der Waals surface area contributed by atoms with E-state index in [0.717, 1.165) is 19.1 Å². The van der Waals surface area contributed by atoms with E-state index in [1.807, 2.05) is 0 Å². The zero-order valence-electron chi connectivity index (χ0n) is 13.5. The zero-order valence-corrected chi connectivity index (χ0v) is 13.5. The lowest BCUT2D eigenvalue weighted by atomic mass is 9.86. The molecule has 0 N–H and O–H groups in total. The lowest BCUT2D eigenvalue weighted by Gasteiger charge is -2.44. The molecule has 2 bridgehead atoms. The summed E-state index contributed by atoms with van der Waals surface area (Å²) < 4.78 is 6.45. The molecule has 4 fully saturated rings. The molecule has 22 heavy (non-hydrogen) atoms. The minimum absolute atomic E-state index is 0.461. The quantitative estimate of drug-likeness (QED) is 0.828. The molecule has 0 aromatic heterocycles. The van der Waals surface area contributed by atoms with Crippen LogP contribution in [0.5, 0.6) is 0 Å². The second-order valence-corrected chi connectivity index (χ2v) is 7.14. The van der Waals surface area contributed by atoms with Crippen LogP contribution < -0.4 is 0 Å². The monoisotopic (exact) mass is 297 g/mol. The second kappa shape index (κ2) is 6.55. The van der Waals surface area contributed by atoms with Gasteiger partial charge < -0.3 is 9.64 Å². The number of piperidine rings is 3. The van der Waals surface area contributed by atoms with E-state index >= 15 is 0 Å². The van der Waals surface area contributed by atoms with Gasteiger partial charge in [0, 0.05) is 6.54 Å². The van der Waals surface area contributed by atoms with Crippen molar-refractivity contribution in [3.63, 3.8) is 0 Å². The highest BCUT2D eigenvalue weighted by molar-refractivity contribution is 5.69. The summed E-state index contributed by atoms with van der Waals surface area (Å²) in [6, 6.07) is 10.9. The van der Waals surface area contributed by atoms with E-state index in [1.54, 1.807) is 5.57 Å². The molecule has 3 heterocycles. The van der Waals surface area contributed by atoms with Crippen LogP contribution in [-0.2, 0) is 4.74 Å². The van der Waals surface area contributed by atoms with Crippen molar-refractivity contribution in [2.24, 2.45) is 5.92 Å². The smallest absolute Gasteiger partial charge is 0.0735 e. The van der Waals surface area contributed by atoms with E-state index in [-0.39, 0.29) is 0 Å². The number of hydrogen-bond acceptors (Lipinski definition) is 2. The number of ether oxygens (including phenoxy) is 1. The van der Waals surface area contributed by atoms with Crippen molar-refractivity contribution in [1.82, 2.24) is 4.90 Å². The van der Waals surface area contributed by atoms with Crippen molar-refractivity contribution in [3.05, 3.63) is 41.5 Å². The molecule has 1 aromatic rings. The highest BCUT2D eigenvalue weighted by Gasteiger charge is 2.34. The van der Waals surface area contributed by atoms with Gasteiger partial charge >= 0.3 is 0 Å². The van der Waals surface area contributed by atoms with E-state index in [9.17, 15) is 0 Å². The highest BCUT2D eigenvalue weighted by atomic mass is 16.5. The van der Waals surface area contributed by atoms with Gasteiger partial charge in [0.1, 0.15) is 0 Å². The zero-order chi connectivity index (χ0) is 14.8. The number of rotatable bonds is 4. The molecule has 1 aliphatic carbocycles. The summed E-state index contributed by atoms with van der Waals surface area (Å²) in [5, 5.41) is 0. The number of fused-ring (bicyclic) bond motifs is 3. The molecule has 1 atom stereocenters.